The van der Waals surface area contributed by atoms with Crippen LogP contribution in [0, 0.1) is 0 Å². The molecule has 9 heavy (non-hydrogen) atoms. The first-order chi connectivity index (χ1) is 3.92. The molecule has 0 heterocycles. The van der Waals surface area contributed by atoms with E-state index in [-0.39, 0.29) is 0 Å². The molecule has 0 saturated heterocycles. The number of carboxylic acids is 1. The lowest BCUT2D eigenvalue weighted by Crippen LogP contribution is -2.07. The summed E-state index contributed by atoms with van der Waals surface area (Å²) in [5.74, 6) is -1.12. The van der Waals surface area contributed by atoms with E-state index in [1.807, 2.05) is 0 Å². The lowest BCUT2D eigenvalue weighted by molar-refractivity contribution is -0.131. The molecule has 0 aromatic rings. The quantitative estimate of drug-likeness (QED) is 0.576. The van der Waals surface area contributed by atoms with Gasteiger partial charge in [-0.2, -0.15) is 0 Å². The van der Waals surface area contributed by atoms with Crippen molar-refractivity contribution in [3.05, 3.63) is 12.2 Å². The molecule has 0 aromatic carbocycles. The minimum absolute atomic E-state index is 0.792. The number of hydrogen-bond acceptors (Lipinski definition) is 1. The molecule has 0 atom stereocenters. The van der Waals surface area contributed by atoms with Gasteiger partial charge in [0.05, 0.1) is 0 Å². The summed E-state index contributed by atoms with van der Waals surface area (Å²) in [6.07, 6.45) is 1.79. The molecule has 0 aliphatic carbocycles. The molecule has 3 heteroatoms. The predicted molar refractivity (Wildman–Crippen MR) is 32.0 cm³/mol. The van der Waals surface area contributed by atoms with Gasteiger partial charge in [-0.15, -0.1) is 0 Å². The maximum atomic E-state index is 12.4. The van der Waals surface area contributed by atoms with Crippen molar-refractivity contribution in [3.63, 3.8) is 0 Å². The Morgan fingerprint density at radius 2 is 2.11 bits per heavy atom. The van der Waals surface area contributed by atoms with Gasteiger partial charge in [-0.25, -0.2) is 9.18 Å². The third-order valence-corrected chi connectivity index (χ3v) is 0.622. The summed E-state index contributed by atoms with van der Waals surface area (Å²) in [5, 5.41) is 8.02. The Labute approximate surface area is 53.0 Å². The first-order valence-electron chi connectivity index (χ1n) is 2.53. The van der Waals surface area contributed by atoms with Gasteiger partial charge < -0.3 is 5.11 Å². The first kappa shape index (κ1) is 8.14. The van der Waals surface area contributed by atoms with Crippen molar-refractivity contribution in [2.75, 3.05) is 0 Å². The molecule has 52 valence electrons. The summed E-state index contributed by atoms with van der Waals surface area (Å²) in [5.41, 5.74) is -1.53. The average Bonchev–Trinajstić information content (AvgIpc) is 1.59. The third kappa shape index (κ3) is 7.14. The van der Waals surface area contributed by atoms with Crippen LogP contribution in [0.15, 0.2) is 12.2 Å². The minimum Gasteiger partial charge on any atom is -0.478 e. The summed E-state index contributed by atoms with van der Waals surface area (Å²) in [6.45, 7) is 2.57. The summed E-state index contributed by atoms with van der Waals surface area (Å²) >= 11 is 0. The van der Waals surface area contributed by atoms with Gasteiger partial charge in [-0.1, -0.05) is 0 Å². The Bertz CT molecular complexity index is 132. The number of halogens is 1. The van der Waals surface area contributed by atoms with Gasteiger partial charge in [0.15, 0.2) is 0 Å². The Morgan fingerprint density at radius 3 is 2.22 bits per heavy atom. The average molecular weight is 132 g/mol. The Balaban J connectivity index is 3.86. The molecule has 0 fully saturated rings. The highest BCUT2D eigenvalue weighted by Gasteiger charge is 2.09. The van der Waals surface area contributed by atoms with Gasteiger partial charge in [-0.3, -0.25) is 0 Å². The lowest BCUT2D eigenvalue weighted by atomic mass is 10.1. The second kappa shape index (κ2) is 2.62. The maximum Gasteiger partial charge on any atom is 0.328 e. The van der Waals surface area contributed by atoms with Gasteiger partial charge in [0, 0.05) is 6.08 Å². The van der Waals surface area contributed by atoms with Gasteiger partial charge in [-0.05, 0) is 19.9 Å². The Morgan fingerprint density at radius 1 is 1.67 bits per heavy atom. The van der Waals surface area contributed by atoms with Crippen LogP contribution < -0.4 is 0 Å². The summed E-state index contributed by atoms with van der Waals surface area (Å²) in [6, 6.07) is 0. The standard InChI is InChI=1S/C6H9FO2/c1-6(2,7)4-3-5(8)9/h3-4H,1-2H3,(H,8,9)/b4-3+. The first-order valence-corrected chi connectivity index (χ1v) is 2.53. The fourth-order valence-corrected chi connectivity index (χ4v) is 0.269. The van der Waals surface area contributed by atoms with Crippen molar-refractivity contribution >= 4 is 5.97 Å². The van der Waals surface area contributed by atoms with Crippen molar-refractivity contribution in [3.8, 4) is 0 Å². The van der Waals surface area contributed by atoms with Crippen molar-refractivity contribution in [1.82, 2.24) is 0 Å². The van der Waals surface area contributed by atoms with Crippen LogP contribution in [0.4, 0.5) is 4.39 Å². The molecule has 0 saturated carbocycles. The van der Waals surface area contributed by atoms with Crippen LogP contribution in [-0.4, -0.2) is 16.7 Å². The second-order valence-electron chi connectivity index (χ2n) is 2.24. The summed E-state index contributed by atoms with van der Waals surface area (Å²) in [7, 11) is 0. The highest BCUT2D eigenvalue weighted by atomic mass is 19.1. The maximum absolute atomic E-state index is 12.4. The number of carbonyl (C=O) groups is 1. The zero-order valence-electron chi connectivity index (χ0n) is 5.39. The van der Waals surface area contributed by atoms with Crippen LogP contribution in [-0.2, 0) is 4.79 Å². The van der Waals surface area contributed by atoms with E-state index in [0.717, 1.165) is 12.2 Å². The van der Waals surface area contributed by atoms with Crippen molar-refractivity contribution < 1.29 is 14.3 Å². The predicted octanol–water partition coefficient (Wildman–Crippen LogP) is 1.38. The van der Waals surface area contributed by atoms with Gasteiger partial charge in [0.1, 0.15) is 5.67 Å². The molecule has 0 amide bonds. The van der Waals surface area contributed by atoms with Crippen molar-refractivity contribution in [2.24, 2.45) is 0 Å². The van der Waals surface area contributed by atoms with Gasteiger partial charge in [0.2, 0.25) is 0 Å². The molecule has 0 aliphatic heterocycles. The smallest absolute Gasteiger partial charge is 0.328 e. The molecule has 2 nitrogen and oxygen atoms in total. The molecule has 0 unspecified atom stereocenters. The summed E-state index contributed by atoms with van der Waals surface area (Å²) in [4.78, 5) is 9.79. The van der Waals surface area contributed by atoms with E-state index in [1.165, 1.54) is 13.8 Å². The van der Waals surface area contributed by atoms with Crippen LogP contribution in [0.5, 0.6) is 0 Å². The van der Waals surface area contributed by atoms with Gasteiger partial charge >= 0.3 is 5.97 Å². The van der Waals surface area contributed by atoms with Crippen LogP contribution >= 0.6 is 0 Å². The normalized spacial score (nSPS) is 12.3. The van der Waals surface area contributed by atoms with Crippen LogP contribution in [0.3, 0.4) is 0 Å². The van der Waals surface area contributed by atoms with E-state index in [4.69, 9.17) is 5.11 Å². The SMILES string of the molecule is CC(C)(F)/C=C/C(=O)O. The monoisotopic (exact) mass is 132 g/mol. The second-order valence-corrected chi connectivity index (χ2v) is 2.24. The molecular formula is C6H9FO2. The number of rotatable bonds is 2. The molecule has 0 rings (SSSR count). The van der Waals surface area contributed by atoms with E-state index < -0.39 is 11.6 Å². The van der Waals surface area contributed by atoms with E-state index in [1.54, 1.807) is 0 Å². The number of aliphatic carboxylic acids is 1. The largest absolute Gasteiger partial charge is 0.478 e. The number of alkyl halides is 1. The fourth-order valence-electron chi connectivity index (χ4n) is 0.269. The highest BCUT2D eigenvalue weighted by Crippen LogP contribution is 2.08. The number of hydrogen-bond donors (Lipinski definition) is 1. The zero-order valence-corrected chi connectivity index (χ0v) is 5.39. The Kier molecular flexibility index (Phi) is 2.37. The molecule has 0 aromatic heterocycles. The summed E-state index contributed by atoms with van der Waals surface area (Å²) < 4.78 is 12.4. The minimum atomic E-state index is -1.53. The number of carboxylic acid groups (broad SMARTS) is 1. The molecule has 0 bridgehead atoms. The zero-order chi connectivity index (χ0) is 7.49. The van der Waals surface area contributed by atoms with E-state index in [2.05, 4.69) is 0 Å². The Hall–Kier alpha value is -0.860. The molecule has 0 spiro atoms. The van der Waals surface area contributed by atoms with Gasteiger partial charge in [0.25, 0.3) is 0 Å². The highest BCUT2D eigenvalue weighted by molar-refractivity contribution is 5.79. The molecule has 0 radical (unpaired) electrons. The van der Waals surface area contributed by atoms with Crippen LogP contribution in [0.1, 0.15) is 13.8 Å². The van der Waals surface area contributed by atoms with Crippen molar-refractivity contribution in [2.45, 2.75) is 19.5 Å². The third-order valence-electron chi connectivity index (χ3n) is 0.622. The number of allylic oxidation sites excluding steroid dienone is 1. The fraction of sp³-hybridized carbons (Fsp3) is 0.500. The van der Waals surface area contributed by atoms with E-state index in [9.17, 15) is 9.18 Å². The molecule has 0 aliphatic rings. The van der Waals surface area contributed by atoms with E-state index >= 15 is 0 Å². The van der Waals surface area contributed by atoms with Crippen molar-refractivity contribution in [1.29, 1.82) is 0 Å². The topological polar surface area (TPSA) is 37.3 Å². The lowest BCUT2D eigenvalue weighted by Gasteiger charge is -2.04. The van der Waals surface area contributed by atoms with Crippen LogP contribution in [0.2, 0.25) is 0 Å². The molecular weight excluding hydrogens is 123 g/mol. The molecule has 1 N–H and O–H groups in total. The van der Waals surface area contributed by atoms with E-state index in [0.29, 0.717) is 0 Å². The van der Waals surface area contributed by atoms with Crippen LogP contribution in [0.25, 0.3) is 0 Å².